The lowest BCUT2D eigenvalue weighted by Gasteiger charge is -2.28. The maximum absolute atomic E-state index is 11.5. The number of likely N-dealkylation sites (N-methyl/N-ethyl adjacent to an activating group) is 1. The molecule has 0 spiro atoms. The molecular weight excluding hydrogens is 252 g/mol. The van der Waals surface area contributed by atoms with Gasteiger partial charge < -0.3 is 15.8 Å². The summed E-state index contributed by atoms with van der Waals surface area (Å²) in [4.78, 5) is 11.5. The molecule has 2 atom stereocenters. The minimum Gasteiger partial charge on any atom is -0.491 e. The van der Waals surface area contributed by atoms with E-state index in [4.69, 9.17) is 10.5 Å². The summed E-state index contributed by atoms with van der Waals surface area (Å²) in [6.07, 6.45) is 0.412. The Kier molecular flexibility index (Phi) is 5.57. The van der Waals surface area contributed by atoms with Crippen molar-refractivity contribution in [1.82, 2.24) is 5.32 Å². The number of benzene rings is 1. The monoisotopic (exact) mass is 278 g/mol. The van der Waals surface area contributed by atoms with Crippen molar-refractivity contribution in [1.29, 1.82) is 0 Å². The molecule has 0 aliphatic heterocycles. The Morgan fingerprint density at radius 3 is 2.25 bits per heavy atom. The summed E-state index contributed by atoms with van der Waals surface area (Å²) in [5.74, 6) is 0.944. The first-order valence-corrected chi connectivity index (χ1v) is 7.04. The molecule has 0 saturated heterocycles. The van der Waals surface area contributed by atoms with Crippen molar-refractivity contribution in [2.24, 2.45) is 5.73 Å². The van der Waals surface area contributed by atoms with Gasteiger partial charge in [0.05, 0.1) is 11.6 Å². The zero-order chi connectivity index (χ0) is 15.3. The molecule has 4 nitrogen and oxygen atoms in total. The zero-order valence-corrected chi connectivity index (χ0v) is 13.1. The number of amides is 1. The molecule has 0 bridgehead atoms. The highest BCUT2D eigenvalue weighted by Gasteiger charge is 2.31. The van der Waals surface area contributed by atoms with E-state index in [0.29, 0.717) is 12.3 Å². The number of primary amides is 1. The van der Waals surface area contributed by atoms with E-state index in [2.05, 4.69) is 31.3 Å². The first-order valence-electron chi connectivity index (χ1n) is 7.04. The van der Waals surface area contributed by atoms with Crippen molar-refractivity contribution >= 4 is 5.91 Å². The van der Waals surface area contributed by atoms with Gasteiger partial charge in [-0.1, -0.05) is 26.0 Å². The van der Waals surface area contributed by atoms with Gasteiger partial charge in [-0.3, -0.25) is 4.79 Å². The third kappa shape index (κ3) is 4.23. The van der Waals surface area contributed by atoms with Crippen molar-refractivity contribution in [3.63, 3.8) is 0 Å². The van der Waals surface area contributed by atoms with Crippen molar-refractivity contribution < 1.29 is 9.53 Å². The minimum absolute atomic E-state index is 0.107. The zero-order valence-electron chi connectivity index (χ0n) is 13.1. The maximum Gasteiger partial charge on any atom is 0.237 e. The average molecular weight is 278 g/mol. The molecule has 20 heavy (non-hydrogen) atoms. The quantitative estimate of drug-likeness (QED) is 0.805. The van der Waals surface area contributed by atoms with Gasteiger partial charge in [-0.2, -0.15) is 0 Å². The average Bonchev–Trinajstić information content (AvgIpc) is 2.38. The molecular formula is C16H26N2O2. The van der Waals surface area contributed by atoms with Gasteiger partial charge in [-0.05, 0) is 44.5 Å². The van der Waals surface area contributed by atoms with Crippen molar-refractivity contribution in [2.75, 3.05) is 7.05 Å². The van der Waals surface area contributed by atoms with Crippen LogP contribution >= 0.6 is 0 Å². The number of carbonyl (C=O) groups excluding carboxylic acids is 1. The SMILES string of the molecule is CNC(C)(CC(C)Oc1ccc(C(C)C)cc1)C(N)=O. The summed E-state index contributed by atoms with van der Waals surface area (Å²) in [6, 6.07) is 8.07. The van der Waals surface area contributed by atoms with Gasteiger partial charge in [-0.25, -0.2) is 0 Å². The third-order valence-corrected chi connectivity index (χ3v) is 3.68. The number of ether oxygens (including phenoxy) is 1. The van der Waals surface area contributed by atoms with Crippen molar-refractivity contribution in [3.05, 3.63) is 29.8 Å². The number of rotatable bonds is 7. The molecule has 112 valence electrons. The lowest BCUT2D eigenvalue weighted by atomic mass is 9.94. The maximum atomic E-state index is 11.5. The van der Waals surface area contributed by atoms with Crippen LogP contribution in [0.1, 0.15) is 45.6 Å². The lowest BCUT2D eigenvalue weighted by molar-refractivity contribution is -0.124. The Labute approximate surface area is 121 Å². The molecule has 1 rings (SSSR count). The van der Waals surface area contributed by atoms with E-state index in [1.165, 1.54) is 5.56 Å². The number of nitrogens with two attached hydrogens (primary N) is 1. The van der Waals surface area contributed by atoms with E-state index < -0.39 is 5.54 Å². The minimum atomic E-state index is -0.753. The second-order valence-corrected chi connectivity index (χ2v) is 5.80. The lowest BCUT2D eigenvalue weighted by Crippen LogP contribution is -2.53. The standard InChI is InChI=1S/C16H26N2O2/c1-11(2)13-6-8-14(9-7-13)20-12(3)10-16(4,18-5)15(17)19/h6-9,11-12,18H,10H2,1-5H3,(H2,17,19). The Morgan fingerprint density at radius 1 is 1.30 bits per heavy atom. The number of hydrogen-bond acceptors (Lipinski definition) is 3. The van der Waals surface area contributed by atoms with E-state index in [-0.39, 0.29) is 12.0 Å². The Morgan fingerprint density at radius 2 is 1.85 bits per heavy atom. The van der Waals surface area contributed by atoms with E-state index in [9.17, 15) is 4.79 Å². The number of nitrogens with one attached hydrogen (secondary N) is 1. The summed E-state index contributed by atoms with van der Waals surface area (Å²) in [5.41, 5.74) is 5.95. The van der Waals surface area contributed by atoms with Gasteiger partial charge in [0.1, 0.15) is 5.75 Å². The molecule has 0 saturated carbocycles. The Hall–Kier alpha value is -1.55. The van der Waals surface area contributed by atoms with Gasteiger partial charge in [-0.15, -0.1) is 0 Å². The van der Waals surface area contributed by atoms with E-state index in [1.807, 2.05) is 19.1 Å². The highest BCUT2D eigenvalue weighted by Crippen LogP contribution is 2.21. The number of carbonyl (C=O) groups is 1. The fourth-order valence-corrected chi connectivity index (χ4v) is 2.11. The molecule has 0 aromatic heterocycles. The van der Waals surface area contributed by atoms with E-state index >= 15 is 0 Å². The molecule has 4 heteroatoms. The van der Waals surface area contributed by atoms with E-state index in [0.717, 1.165) is 5.75 Å². The predicted octanol–water partition coefficient (Wildman–Crippen LogP) is 2.43. The molecule has 0 aliphatic carbocycles. The van der Waals surface area contributed by atoms with E-state index in [1.54, 1.807) is 14.0 Å². The van der Waals surface area contributed by atoms with Crippen LogP contribution in [0.3, 0.4) is 0 Å². The molecule has 3 N–H and O–H groups in total. The third-order valence-electron chi connectivity index (χ3n) is 3.68. The molecule has 0 heterocycles. The van der Waals surface area contributed by atoms with Crippen LogP contribution in [-0.4, -0.2) is 24.6 Å². The first kappa shape index (κ1) is 16.5. The highest BCUT2D eigenvalue weighted by molar-refractivity contribution is 5.84. The largest absolute Gasteiger partial charge is 0.491 e. The summed E-state index contributed by atoms with van der Waals surface area (Å²) < 4.78 is 5.85. The number of hydrogen-bond donors (Lipinski definition) is 2. The topological polar surface area (TPSA) is 64.3 Å². The molecule has 0 fully saturated rings. The Bertz CT molecular complexity index is 442. The molecule has 1 amide bonds. The summed E-state index contributed by atoms with van der Waals surface area (Å²) in [7, 11) is 1.73. The van der Waals surface area contributed by atoms with Gasteiger partial charge in [0.15, 0.2) is 0 Å². The Balaban J connectivity index is 2.66. The van der Waals surface area contributed by atoms with Gasteiger partial charge in [0, 0.05) is 6.42 Å². The second kappa shape index (κ2) is 6.75. The summed E-state index contributed by atoms with van der Waals surface area (Å²) in [5, 5.41) is 2.96. The van der Waals surface area contributed by atoms with Crippen LogP contribution in [0.5, 0.6) is 5.75 Å². The van der Waals surface area contributed by atoms with Crippen LogP contribution in [0, 0.1) is 0 Å². The predicted molar refractivity (Wildman–Crippen MR) is 81.9 cm³/mol. The normalized spacial score (nSPS) is 15.7. The highest BCUT2D eigenvalue weighted by atomic mass is 16.5. The summed E-state index contributed by atoms with van der Waals surface area (Å²) in [6.45, 7) is 8.04. The van der Waals surface area contributed by atoms with Crippen molar-refractivity contribution in [3.8, 4) is 5.75 Å². The van der Waals surface area contributed by atoms with Crippen LogP contribution in [0.15, 0.2) is 24.3 Å². The van der Waals surface area contributed by atoms with Crippen LogP contribution < -0.4 is 15.8 Å². The van der Waals surface area contributed by atoms with Crippen LogP contribution in [0.4, 0.5) is 0 Å². The molecule has 0 radical (unpaired) electrons. The molecule has 0 aliphatic rings. The molecule has 2 unspecified atom stereocenters. The van der Waals surface area contributed by atoms with Crippen LogP contribution in [0.2, 0.25) is 0 Å². The molecule has 1 aromatic carbocycles. The molecule has 1 aromatic rings. The fourth-order valence-electron chi connectivity index (χ4n) is 2.11. The second-order valence-electron chi connectivity index (χ2n) is 5.80. The van der Waals surface area contributed by atoms with Crippen LogP contribution in [-0.2, 0) is 4.79 Å². The van der Waals surface area contributed by atoms with Gasteiger partial charge in [0.25, 0.3) is 0 Å². The smallest absolute Gasteiger partial charge is 0.237 e. The summed E-state index contributed by atoms with van der Waals surface area (Å²) >= 11 is 0. The first-order chi connectivity index (χ1) is 9.28. The van der Waals surface area contributed by atoms with Crippen molar-refractivity contribution in [2.45, 2.75) is 51.7 Å². The van der Waals surface area contributed by atoms with Gasteiger partial charge in [0.2, 0.25) is 5.91 Å². The van der Waals surface area contributed by atoms with Crippen LogP contribution in [0.25, 0.3) is 0 Å². The fraction of sp³-hybridized carbons (Fsp3) is 0.562. The van der Waals surface area contributed by atoms with Gasteiger partial charge >= 0.3 is 0 Å².